The summed E-state index contributed by atoms with van der Waals surface area (Å²) >= 11 is 0. The first kappa shape index (κ1) is 16.0. The van der Waals surface area contributed by atoms with Gasteiger partial charge in [0, 0.05) is 12.6 Å². The first-order valence-corrected chi connectivity index (χ1v) is 6.90. The zero-order chi connectivity index (χ0) is 14.5. The third-order valence-corrected chi connectivity index (χ3v) is 3.30. The average molecular weight is 267 g/mol. The fourth-order valence-corrected chi connectivity index (χ4v) is 1.92. The van der Waals surface area contributed by atoms with Crippen LogP contribution in [0.3, 0.4) is 0 Å². The first-order chi connectivity index (χ1) is 8.84. The van der Waals surface area contributed by atoms with Crippen LogP contribution in [0.25, 0.3) is 0 Å². The standard InChI is InChI=1S/C16H26FNO/c1-12(2)18-11-16(3,4)9-8-13-6-7-15(19-5)14(17)10-13/h6-7,10,12,18H,8-9,11H2,1-5H3. The van der Waals surface area contributed by atoms with Gasteiger partial charge in [-0.25, -0.2) is 4.39 Å². The summed E-state index contributed by atoms with van der Waals surface area (Å²) in [4.78, 5) is 0. The lowest BCUT2D eigenvalue weighted by atomic mass is 9.86. The molecule has 1 aromatic carbocycles. The summed E-state index contributed by atoms with van der Waals surface area (Å²) in [6, 6.07) is 5.71. The molecule has 1 rings (SSSR count). The monoisotopic (exact) mass is 267 g/mol. The molecule has 2 nitrogen and oxygen atoms in total. The van der Waals surface area contributed by atoms with Crippen molar-refractivity contribution >= 4 is 0 Å². The van der Waals surface area contributed by atoms with E-state index in [0.717, 1.165) is 24.9 Å². The summed E-state index contributed by atoms with van der Waals surface area (Å²) in [6.07, 6.45) is 1.91. The molecule has 0 aromatic heterocycles. The second-order valence-electron chi connectivity index (χ2n) is 6.17. The van der Waals surface area contributed by atoms with Crippen molar-refractivity contribution in [2.45, 2.75) is 46.6 Å². The van der Waals surface area contributed by atoms with E-state index >= 15 is 0 Å². The summed E-state index contributed by atoms with van der Waals surface area (Å²) in [6.45, 7) is 9.75. The smallest absolute Gasteiger partial charge is 0.165 e. The molecule has 19 heavy (non-hydrogen) atoms. The van der Waals surface area contributed by atoms with Gasteiger partial charge in [0.05, 0.1) is 7.11 Å². The van der Waals surface area contributed by atoms with Crippen molar-refractivity contribution in [3.8, 4) is 5.75 Å². The molecule has 0 saturated heterocycles. The van der Waals surface area contributed by atoms with Crippen molar-refractivity contribution in [2.75, 3.05) is 13.7 Å². The zero-order valence-corrected chi connectivity index (χ0v) is 12.7. The number of nitrogens with one attached hydrogen (secondary N) is 1. The molecule has 1 N–H and O–H groups in total. The molecule has 0 heterocycles. The Bertz CT molecular complexity index is 402. The van der Waals surface area contributed by atoms with Gasteiger partial charge in [-0.3, -0.25) is 0 Å². The van der Waals surface area contributed by atoms with Crippen LogP contribution < -0.4 is 10.1 Å². The molecule has 0 bridgehead atoms. The Morgan fingerprint density at radius 3 is 2.53 bits per heavy atom. The van der Waals surface area contributed by atoms with E-state index in [1.54, 1.807) is 12.1 Å². The summed E-state index contributed by atoms with van der Waals surface area (Å²) in [7, 11) is 1.48. The molecular weight excluding hydrogens is 241 g/mol. The fourth-order valence-electron chi connectivity index (χ4n) is 1.92. The Hall–Kier alpha value is -1.09. The van der Waals surface area contributed by atoms with Crippen molar-refractivity contribution < 1.29 is 9.13 Å². The Morgan fingerprint density at radius 1 is 1.32 bits per heavy atom. The van der Waals surface area contributed by atoms with Gasteiger partial charge < -0.3 is 10.1 Å². The molecule has 3 heteroatoms. The minimum atomic E-state index is -0.280. The van der Waals surface area contributed by atoms with Gasteiger partial charge in [-0.15, -0.1) is 0 Å². The van der Waals surface area contributed by atoms with Crippen molar-refractivity contribution in [1.29, 1.82) is 0 Å². The fraction of sp³-hybridized carbons (Fsp3) is 0.625. The van der Waals surface area contributed by atoms with E-state index in [4.69, 9.17) is 4.74 Å². The van der Waals surface area contributed by atoms with E-state index in [9.17, 15) is 4.39 Å². The number of benzene rings is 1. The minimum absolute atomic E-state index is 0.209. The van der Waals surface area contributed by atoms with Crippen LogP contribution in [0, 0.1) is 11.2 Å². The Morgan fingerprint density at radius 2 is 2.00 bits per heavy atom. The largest absolute Gasteiger partial charge is 0.494 e. The predicted molar refractivity (Wildman–Crippen MR) is 78.2 cm³/mol. The lowest BCUT2D eigenvalue weighted by Crippen LogP contribution is -2.34. The summed E-state index contributed by atoms with van der Waals surface area (Å²) in [5.74, 6) is 0.0302. The number of hydrogen-bond donors (Lipinski definition) is 1. The van der Waals surface area contributed by atoms with Gasteiger partial charge in [0.1, 0.15) is 0 Å². The third kappa shape index (κ3) is 5.60. The Kier molecular flexibility index (Phi) is 5.80. The van der Waals surface area contributed by atoms with Gasteiger partial charge >= 0.3 is 0 Å². The molecule has 0 atom stereocenters. The second kappa shape index (κ2) is 6.90. The van der Waals surface area contributed by atoms with E-state index in [1.165, 1.54) is 7.11 Å². The Balaban J connectivity index is 2.53. The first-order valence-electron chi connectivity index (χ1n) is 6.90. The maximum absolute atomic E-state index is 13.6. The molecule has 0 saturated carbocycles. The molecule has 0 unspecified atom stereocenters. The van der Waals surface area contributed by atoms with Crippen LogP contribution in [0.2, 0.25) is 0 Å². The van der Waals surface area contributed by atoms with E-state index in [0.29, 0.717) is 11.8 Å². The topological polar surface area (TPSA) is 21.3 Å². The molecular formula is C16H26FNO. The van der Waals surface area contributed by atoms with Crippen LogP contribution in [0.1, 0.15) is 39.7 Å². The quantitative estimate of drug-likeness (QED) is 0.811. The van der Waals surface area contributed by atoms with Crippen LogP contribution in [-0.2, 0) is 6.42 Å². The SMILES string of the molecule is COc1ccc(CCC(C)(C)CNC(C)C)cc1F. The van der Waals surface area contributed by atoms with Gasteiger partial charge in [-0.1, -0.05) is 33.8 Å². The second-order valence-corrected chi connectivity index (χ2v) is 6.17. The van der Waals surface area contributed by atoms with Crippen molar-refractivity contribution in [1.82, 2.24) is 5.32 Å². The maximum Gasteiger partial charge on any atom is 0.165 e. The highest BCUT2D eigenvalue weighted by atomic mass is 19.1. The summed E-state index contributed by atoms with van der Waals surface area (Å²) in [5, 5.41) is 3.46. The van der Waals surface area contributed by atoms with E-state index in [-0.39, 0.29) is 11.2 Å². The normalized spacial score (nSPS) is 11.9. The van der Waals surface area contributed by atoms with Crippen molar-refractivity contribution in [3.05, 3.63) is 29.6 Å². The van der Waals surface area contributed by atoms with Crippen molar-refractivity contribution in [3.63, 3.8) is 0 Å². The van der Waals surface area contributed by atoms with E-state index < -0.39 is 0 Å². The van der Waals surface area contributed by atoms with Gasteiger partial charge in [0.25, 0.3) is 0 Å². The molecule has 0 amide bonds. The van der Waals surface area contributed by atoms with Gasteiger partial charge in [0.2, 0.25) is 0 Å². The van der Waals surface area contributed by atoms with Crippen LogP contribution >= 0.6 is 0 Å². The molecule has 108 valence electrons. The lowest BCUT2D eigenvalue weighted by Gasteiger charge is -2.26. The number of methoxy groups -OCH3 is 1. The van der Waals surface area contributed by atoms with Crippen LogP contribution in [0.15, 0.2) is 18.2 Å². The summed E-state index contributed by atoms with van der Waals surface area (Å²) < 4.78 is 18.5. The predicted octanol–water partition coefficient (Wildman–Crippen LogP) is 3.79. The zero-order valence-electron chi connectivity index (χ0n) is 12.7. The molecule has 0 radical (unpaired) electrons. The highest BCUT2D eigenvalue weighted by molar-refractivity contribution is 5.29. The van der Waals surface area contributed by atoms with Crippen molar-refractivity contribution in [2.24, 2.45) is 5.41 Å². The number of halogens is 1. The van der Waals surface area contributed by atoms with Gasteiger partial charge in [-0.2, -0.15) is 0 Å². The molecule has 0 aliphatic carbocycles. The minimum Gasteiger partial charge on any atom is -0.494 e. The number of rotatable bonds is 7. The lowest BCUT2D eigenvalue weighted by molar-refractivity contribution is 0.304. The third-order valence-electron chi connectivity index (χ3n) is 3.30. The molecule has 0 spiro atoms. The number of ether oxygens (including phenoxy) is 1. The van der Waals surface area contributed by atoms with Crippen LogP contribution in [0.5, 0.6) is 5.75 Å². The number of aryl methyl sites for hydroxylation is 1. The highest BCUT2D eigenvalue weighted by Crippen LogP contribution is 2.24. The molecule has 0 aliphatic rings. The van der Waals surface area contributed by atoms with Crippen LogP contribution in [0.4, 0.5) is 4.39 Å². The molecule has 1 aromatic rings. The number of hydrogen-bond acceptors (Lipinski definition) is 2. The molecule has 0 fully saturated rings. The van der Waals surface area contributed by atoms with Crippen LogP contribution in [-0.4, -0.2) is 19.7 Å². The van der Waals surface area contributed by atoms with E-state index in [1.807, 2.05) is 6.07 Å². The highest BCUT2D eigenvalue weighted by Gasteiger charge is 2.18. The van der Waals surface area contributed by atoms with Gasteiger partial charge in [-0.05, 0) is 36.0 Å². The van der Waals surface area contributed by atoms with Gasteiger partial charge in [0.15, 0.2) is 11.6 Å². The Labute approximate surface area is 116 Å². The summed E-state index contributed by atoms with van der Waals surface area (Å²) in [5.41, 5.74) is 1.23. The molecule has 0 aliphatic heterocycles. The maximum atomic E-state index is 13.6. The van der Waals surface area contributed by atoms with E-state index in [2.05, 4.69) is 33.0 Å². The average Bonchev–Trinajstić information content (AvgIpc) is 2.34.